The first-order chi connectivity index (χ1) is 72.3. The number of anilines is 10. The molecule has 0 unspecified atom stereocenters. The Hall–Kier alpha value is -17.4. The zero-order valence-electron chi connectivity index (χ0n) is 80.2. The van der Waals surface area contributed by atoms with Crippen molar-refractivity contribution in [2.45, 2.75) is 6.42 Å². The molecule has 19 heterocycles. The SMILES string of the molecule is COc1ccc2c(c1)C=C(n1ccc(C(=O)Nc3cnccc3N3CCNCC3)n1)C2.O=C(Nc1cnccc1N1CCNCC1)c1ccn(-c2cc3ccccc3o2)n1.O=C(Nc1cnccc1N1CCNCC1)c1ccn(-c2cc3ccccc3s2)n1.O=C(Nc1cnccc1N1CCNCC1)c1ccn(-c2ccc3occc3c2)n1.O=C(Nc1cnccc1N1CCNCC1)c1ccn(-c2csc3ccccc23)n1. The van der Waals surface area contributed by atoms with E-state index in [0.29, 0.717) is 62.8 Å². The number of para-hydroxylation sites is 1. The van der Waals surface area contributed by atoms with Crippen LogP contribution in [0.2, 0.25) is 0 Å². The second kappa shape index (κ2) is 45.0. The van der Waals surface area contributed by atoms with E-state index in [1.54, 1.807) is 164 Å². The Balaban J connectivity index is 0.000000108. The summed E-state index contributed by atoms with van der Waals surface area (Å²) in [5.74, 6) is 0.103. The Morgan fingerprint density at radius 2 is 0.762 bits per heavy atom. The number of carbonyl (C=O) groups excluding carboxylic acids is 5. The Labute approximate surface area is 851 Å². The number of hydrogen-bond donors (Lipinski definition) is 10. The van der Waals surface area contributed by atoms with Crippen molar-refractivity contribution in [3.05, 3.63) is 332 Å². The van der Waals surface area contributed by atoms with E-state index in [1.165, 1.54) is 20.3 Å². The molecule has 6 aliphatic rings. The minimum atomic E-state index is -0.288. The molecule has 0 bridgehead atoms. The fourth-order valence-electron chi connectivity index (χ4n) is 18.1. The van der Waals surface area contributed by atoms with Gasteiger partial charge in [0, 0.05) is 242 Å². The molecule has 10 N–H and O–H groups in total. The number of benzene rings is 5. The van der Waals surface area contributed by atoms with Gasteiger partial charge in [0.1, 0.15) is 21.9 Å². The number of aromatic nitrogens is 15. The minimum Gasteiger partial charge on any atom is -0.497 e. The molecule has 0 spiro atoms. The molecule has 1 aliphatic carbocycles. The number of amides is 5. The molecule has 742 valence electrons. The highest BCUT2D eigenvalue weighted by Crippen LogP contribution is 2.37. The van der Waals surface area contributed by atoms with Crippen LogP contribution in [0.25, 0.3) is 76.1 Å². The van der Waals surface area contributed by atoms with E-state index in [9.17, 15) is 24.0 Å². The Morgan fingerprint density at radius 3 is 1.24 bits per heavy atom. The van der Waals surface area contributed by atoms with Crippen molar-refractivity contribution in [2.75, 3.05) is 189 Å². The standard InChI is InChI=1S/C23H24N6O2.2C21H20N6O2.2C21H20N6OS/c1-31-19-3-2-16-12-18(13-17(16)14-19)29-9-5-20(27-29)23(30)26-21-15-25-6-4-22(21)28-10-7-24-8-11-28;28-21(24-18-14-23-6-3-19(18)26-10-7-22-8-11-26)17-4-9-27(25-17)16-1-2-20-15(13-16)5-12-29-20;28-21(24-17-14-23-7-5-18(17)26-11-8-22-9-12-26)16-6-10-27(25-16)20-13-15-3-1-2-4-19(15)29-20;28-21(24-17-13-23-7-5-18(17)26-11-8-22-9-12-26)16-6-10-27(25-16)19-14-29-20-4-2-1-3-15(19)20;28-21(24-17-14-23-7-5-18(17)26-11-8-22-9-12-26)16-6-10-27(25-16)20-13-15-3-1-2-4-19(15)29-20/h2-6,9,13-15,24H,7-8,10-12H2,1H3,(H,26,30);1-6,9,12-14,22H,7-8,10-11H2,(H,24,28);3*1-7,10,13-14,22H,8-9,11-12H2,(H,24,28). The highest BCUT2D eigenvalue weighted by Gasteiger charge is 2.28. The van der Waals surface area contributed by atoms with E-state index in [4.69, 9.17) is 13.6 Å². The largest absolute Gasteiger partial charge is 0.497 e. The first kappa shape index (κ1) is 95.8. The van der Waals surface area contributed by atoms with Gasteiger partial charge in [-0.25, -0.2) is 23.4 Å². The molecule has 0 atom stereocenters. The smallest absolute Gasteiger partial charge is 0.276 e. The van der Waals surface area contributed by atoms with Crippen LogP contribution in [0.3, 0.4) is 0 Å². The van der Waals surface area contributed by atoms with Gasteiger partial charge in [-0.15, -0.1) is 22.7 Å². The first-order valence-electron chi connectivity index (χ1n) is 48.5. The van der Waals surface area contributed by atoms with Crippen LogP contribution in [0.4, 0.5) is 56.9 Å². The molecule has 5 amide bonds. The van der Waals surface area contributed by atoms with E-state index in [-0.39, 0.29) is 29.5 Å². The Kier molecular flexibility index (Phi) is 29.3. The lowest BCUT2D eigenvalue weighted by molar-refractivity contribution is 0.101. The van der Waals surface area contributed by atoms with Gasteiger partial charge in [-0.1, -0.05) is 60.7 Å². The molecule has 147 heavy (non-hydrogen) atoms. The highest BCUT2D eigenvalue weighted by atomic mass is 32.1. The van der Waals surface area contributed by atoms with Crippen LogP contribution in [0.1, 0.15) is 63.6 Å². The maximum absolute atomic E-state index is 12.9. The van der Waals surface area contributed by atoms with Gasteiger partial charge in [-0.2, -0.15) is 25.5 Å². The number of furan rings is 2. The summed E-state index contributed by atoms with van der Waals surface area (Å²) in [6.45, 7) is 18.1. The maximum Gasteiger partial charge on any atom is 0.276 e. The number of ether oxygens (including phenoxy) is 1. The van der Waals surface area contributed by atoms with Crippen molar-refractivity contribution >= 4 is 163 Å². The third kappa shape index (κ3) is 22.5. The van der Waals surface area contributed by atoms with Gasteiger partial charge in [0.2, 0.25) is 5.88 Å². The molecule has 38 nitrogen and oxygen atoms in total. The number of pyridine rings is 5. The summed E-state index contributed by atoms with van der Waals surface area (Å²) in [6.07, 6.45) is 30.6. The number of methoxy groups -OCH3 is 1. The van der Waals surface area contributed by atoms with Gasteiger partial charge >= 0.3 is 0 Å². The zero-order chi connectivity index (χ0) is 99.7. The summed E-state index contributed by atoms with van der Waals surface area (Å²) in [5.41, 5.74) is 16.9. The maximum atomic E-state index is 12.9. The van der Waals surface area contributed by atoms with Crippen LogP contribution in [-0.4, -0.2) is 241 Å². The van der Waals surface area contributed by atoms with Gasteiger partial charge in [0.25, 0.3) is 29.5 Å². The number of rotatable bonds is 21. The number of nitrogens with zero attached hydrogens (tertiary/aromatic N) is 20. The van der Waals surface area contributed by atoms with Gasteiger partial charge in [0.15, 0.2) is 28.5 Å². The first-order valence-corrected chi connectivity index (χ1v) is 50.2. The summed E-state index contributed by atoms with van der Waals surface area (Å²) in [7, 11) is 1.66. The predicted octanol–water partition coefficient (Wildman–Crippen LogP) is 14.1. The number of nitrogens with one attached hydrogen (secondary N) is 10. The average molecular weight is 2000 g/mol. The molecule has 25 rings (SSSR count). The van der Waals surface area contributed by atoms with Crippen molar-refractivity contribution < 1.29 is 37.5 Å². The monoisotopic (exact) mass is 2000 g/mol. The lowest BCUT2D eigenvalue weighted by Crippen LogP contribution is -2.43. The average Bonchev–Trinajstić information content (AvgIpc) is 1.65. The highest BCUT2D eigenvalue weighted by molar-refractivity contribution is 7.21. The molecule has 5 fully saturated rings. The lowest BCUT2D eigenvalue weighted by atomic mass is 10.1. The third-order valence-electron chi connectivity index (χ3n) is 25.7. The van der Waals surface area contributed by atoms with Gasteiger partial charge < -0.3 is 91.2 Å². The number of carbonyl (C=O) groups is 5. The van der Waals surface area contributed by atoms with Crippen molar-refractivity contribution in [2.24, 2.45) is 0 Å². The fraction of sp³-hybridized carbons (Fsp3) is 0.206. The van der Waals surface area contributed by atoms with Gasteiger partial charge in [-0.3, -0.25) is 48.9 Å². The second-order valence-corrected chi connectivity index (χ2v) is 37.0. The van der Waals surface area contributed by atoms with Crippen LogP contribution >= 0.6 is 22.7 Å². The number of thiophene rings is 2. The number of allylic oxidation sites excluding steroid dienone is 1. The number of hydrogen-bond acceptors (Lipinski definition) is 30. The minimum absolute atomic E-state index is 0.241. The topological polar surface area (TPSA) is 411 Å². The van der Waals surface area contributed by atoms with Crippen LogP contribution in [0.5, 0.6) is 5.75 Å². The van der Waals surface area contributed by atoms with Crippen molar-refractivity contribution in [3.8, 4) is 28.0 Å². The normalized spacial score (nSPS) is 14.5. The van der Waals surface area contributed by atoms with E-state index < -0.39 is 0 Å². The molecule has 19 aromatic rings. The zero-order valence-corrected chi connectivity index (χ0v) is 81.8. The predicted molar refractivity (Wildman–Crippen MR) is 574 cm³/mol. The summed E-state index contributed by atoms with van der Waals surface area (Å²) < 4.78 is 27.4. The van der Waals surface area contributed by atoms with E-state index in [1.807, 2.05) is 140 Å². The van der Waals surface area contributed by atoms with Crippen molar-refractivity contribution in [1.82, 2.24) is 100 Å². The molecule has 5 saturated heterocycles. The summed E-state index contributed by atoms with van der Waals surface area (Å²) in [5, 5.41) is 61.2. The second-order valence-electron chi connectivity index (χ2n) is 35.0. The Morgan fingerprint density at radius 1 is 0.361 bits per heavy atom. The van der Waals surface area contributed by atoms with Crippen LogP contribution in [0.15, 0.2) is 301 Å². The van der Waals surface area contributed by atoms with Gasteiger partial charge in [0.05, 0.1) is 113 Å². The molecular weight excluding hydrogens is 1900 g/mol. The van der Waals surface area contributed by atoms with E-state index in [2.05, 4.69) is 176 Å². The van der Waals surface area contributed by atoms with Crippen LogP contribution < -0.4 is 82.4 Å². The molecule has 5 aromatic carbocycles. The summed E-state index contributed by atoms with van der Waals surface area (Å²) in [6, 6.07) is 60.1. The molecule has 0 saturated carbocycles. The molecular formula is C107H104N30O8S2. The fourth-order valence-corrected chi connectivity index (χ4v) is 20.1. The quantitative estimate of drug-likeness (QED) is 0.0319. The summed E-state index contributed by atoms with van der Waals surface area (Å²) >= 11 is 3.31. The van der Waals surface area contributed by atoms with Crippen molar-refractivity contribution in [1.29, 1.82) is 0 Å². The Bertz CT molecular complexity index is 7500. The number of piperazine rings is 5. The van der Waals surface area contributed by atoms with Crippen LogP contribution in [0, 0.1) is 0 Å². The lowest BCUT2D eigenvalue weighted by Gasteiger charge is -2.30. The van der Waals surface area contributed by atoms with Gasteiger partial charge in [-0.05, 0) is 144 Å². The van der Waals surface area contributed by atoms with Crippen LogP contribution in [-0.2, 0) is 6.42 Å². The van der Waals surface area contributed by atoms with E-state index in [0.717, 1.165) is 226 Å². The third-order valence-corrected chi connectivity index (χ3v) is 27.7. The van der Waals surface area contributed by atoms with Crippen molar-refractivity contribution in [3.63, 3.8) is 0 Å². The molecule has 40 heteroatoms. The van der Waals surface area contributed by atoms with E-state index >= 15 is 0 Å². The molecule has 14 aromatic heterocycles. The summed E-state index contributed by atoms with van der Waals surface area (Å²) in [4.78, 5) is 96.3. The molecule has 5 aliphatic heterocycles. The number of fused-ring (bicyclic) bond motifs is 5. The molecule has 0 radical (unpaired) electrons.